The Kier molecular flexibility index (Phi) is 4.81. The molecule has 2 N–H and O–H groups in total. The molecule has 1 aliphatic carbocycles. The van der Waals surface area contributed by atoms with E-state index in [1.54, 1.807) is 12.1 Å². The van der Waals surface area contributed by atoms with Gasteiger partial charge in [-0.25, -0.2) is 4.79 Å². The number of carboxylic acid groups (broad SMARTS) is 1. The third kappa shape index (κ3) is 3.20. The van der Waals surface area contributed by atoms with Crippen LogP contribution in [0, 0.1) is 5.41 Å². The van der Waals surface area contributed by atoms with Crippen molar-refractivity contribution in [2.24, 2.45) is 5.41 Å². The fraction of sp³-hybridized carbons (Fsp3) is 0.600. The highest BCUT2D eigenvalue weighted by Crippen LogP contribution is 2.39. The van der Waals surface area contributed by atoms with Gasteiger partial charge in [0.15, 0.2) is 0 Å². The van der Waals surface area contributed by atoms with E-state index >= 15 is 0 Å². The van der Waals surface area contributed by atoms with Crippen molar-refractivity contribution < 1.29 is 14.7 Å². The standard InChI is InChI=1S/C15H21NO3S/c1-2-15(8-4-3-5-9-15)14(19)16-10-11-6-7-12(20-11)13(17)18/h6-7H,2-5,8-10H2,1H3,(H,16,19)(H,17,18). The summed E-state index contributed by atoms with van der Waals surface area (Å²) in [6.45, 7) is 2.51. The van der Waals surface area contributed by atoms with Crippen molar-refractivity contribution in [1.82, 2.24) is 5.32 Å². The normalized spacial score (nSPS) is 17.6. The van der Waals surface area contributed by atoms with E-state index in [0.717, 1.165) is 37.0 Å². The van der Waals surface area contributed by atoms with Gasteiger partial charge in [0.05, 0.1) is 6.54 Å². The van der Waals surface area contributed by atoms with Crippen LogP contribution in [-0.2, 0) is 11.3 Å². The van der Waals surface area contributed by atoms with E-state index in [-0.39, 0.29) is 11.3 Å². The highest BCUT2D eigenvalue weighted by molar-refractivity contribution is 7.13. The number of amides is 1. The third-order valence-corrected chi connectivity index (χ3v) is 5.34. The van der Waals surface area contributed by atoms with Crippen molar-refractivity contribution in [3.8, 4) is 0 Å². The van der Waals surface area contributed by atoms with Crippen LogP contribution >= 0.6 is 11.3 Å². The van der Waals surface area contributed by atoms with Gasteiger partial charge >= 0.3 is 5.97 Å². The van der Waals surface area contributed by atoms with Gasteiger partial charge in [-0.05, 0) is 31.4 Å². The topological polar surface area (TPSA) is 66.4 Å². The summed E-state index contributed by atoms with van der Waals surface area (Å²) in [6.07, 6.45) is 6.30. The summed E-state index contributed by atoms with van der Waals surface area (Å²) in [6, 6.07) is 3.36. The first-order valence-electron chi connectivity index (χ1n) is 7.18. The Balaban J connectivity index is 1.94. The van der Waals surface area contributed by atoms with Crippen molar-refractivity contribution in [2.45, 2.75) is 52.0 Å². The Hall–Kier alpha value is -1.36. The molecule has 1 aromatic heterocycles. The number of thiophene rings is 1. The average Bonchev–Trinajstić information content (AvgIpc) is 2.94. The van der Waals surface area contributed by atoms with Crippen LogP contribution in [-0.4, -0.2) is 17.0 Å². The molecule has 0 aliphatic heterocycles. The maximum absolute atomic E-state index is 12.4. The summed E-state index contributed by atoms with van der Waals surface area (Å²) in [7, 11) is 0. The Morgan fingerprint density at radius 3 is 2.55 bits per heavy atom. The summed E-state index contributed by atoms with van der Waals surface area (Å²) in [5.41, 5.74) is -0.203. The molecule has 0 radical (unpaired) electrons. The van der Waals surface area contributed by atoms with E-state index < -0.39 is 5.97 Å². The molecule has 0 bridgehead atoms. The second kappa shape index (κ2) is 6.39. The first-order valence-corrected chi connectivity index (χ1v) is 7.99. The van der Waals surface area contributed by atoms with E-state index in [4.69, 9.17) is 5.11 Å². The molecule has 110 valence electrons. The van der Waals surface area contributed by atoms with Crippen molar-refractivity contribution in [2.75, 3.05) is 0 Å². The Morgan fingerprint density at radius 1 is 1.30 bits per heavy atom. The van der Waals surface area contributed by atoms with Crippen LogP contribution in [0.1, 0.15) is 60.0 Å². The van der Waals surface area contributed by atoms with Gasteiger partial charge in [0.1, 0.15) is 4.88 Å². The predicted molar refractivity (Wildman–Crippen MR) is 78.9 cm³/mol. The summed E-state index contributed by atoms with van der Waals surface area (Å²) < 4.78 is 0. The zero-order chi connectivity index (χ0) is 14.6. The van der Waals surface area contributed by atoms with Gasteiger partial charge < -0.3 is 10.4 Å². The molecular weight excluding hydrogens is 274 g/mol. The van der Waals surface area contributed by atoms with Crippen molar-refractivity contribution in [1.29, 1.82) is 0 Å². The second-order valence-electron chi connectivity index (χ2n) is 5.45. The lowest BCUT2D eigenvalue weighted by Crippen LogP contribution is -2.41. The molecule has 2 rings (SSSR count). The monoisotopic (exact) mass is 295 g/mol. The summed E-state index contributed by atoms with van der Waals surface area (Å²) in [4.78, 5) is 24.5. The molecule has 4 nitrogen and oxygen atoms in total. The van der Waals surface area contributed by atoms with E-state index in [1.807, 2.05) is 0 Å². The second-order valence-corrected chi connectivity index (χ2v) is 6.62. The van der Waals surface area contributed by atoms with Crippen LogP contribution < -0.4 is 5.32 Å². The first-order chi connectivity index (χ1) is 9.57. The third-order valence-electron chi connectivity index (χ3n) is 4.26. The minimum Gasteiger partial charge on any atom is -0.477 e. The smallest absolute Gasteiger partial charge is 0.345 e. The molecular formula is C15H21NO3S. The highest BCUT2D eigenvalue weighted by atomic mass is 32.1. The maximum atomic E-state index is 12.4. The lowest BCUT2D eigenvalue weighted by molar-refractivity contribution is -0.133. The molecule has 5 heteroatoms. The molecule has 1 amide bonds. The van der Waals surface area contributed by atoms with Crippen LogP contribution in [0.25, 0.3) is 0 Å². The number of rotatable bonds is 5. The van der Waals surface area contributed by atoms with E-state index in [9.17, 15) is 9.59 Å². The van der Waals surface area contributed by atoms with Gasteiger partial charge in [-0.3, -0.25) is 4.79 Å². The minimum atomic E-state index is -0.912. The fourth-order valence-corrected chi connectivity index (χ4v) is 3.70. The molecule has 20 heavy (non-hydrogen) atoms. The zero-order valence-corrected chi connectivity index (χ0v) is 12.6. The van der Waals surface area contributed by atoms with Crippen LogP contribution in [0.2, 0.25) is 0 Å². The quantitative estimate of drug-likeness (QED) is 0.874. The number of carbonyl (C=O) groups is 2. The van der Waals surface area contributed by atoms with Gasteiger partial charge in [0, 0.05) is 10.3 Å². The van der Waals surface area contributed by atoms with E-state index in [0.29, 0.717) is 11.4 Å². The number of hydrogen-bond donors (Lipinski definition) is 2. The molecule has 1 heterocycles. The van der Waals surface area contributed by atoms with Crippen LogP contribution in [0.4, 0.5) is 0 Å². The van der Waals surface area contributed by atoms with Gasteiger partial charge in [-0.1, -0.05) is 26.2 Å². The van der Waals surface area contributed by atoms with Gasteiger partial charge in [0.2, 0.25) is 5.91 Å². The molecule has 0 saturated heterocycles. The summed E-state index contributed by atoms with van der Waals surface area (Å²) in [5.74, 6) is -0.783. The number of hydrogen-bond acceptors (Lipinski definition) is 3. The van der Waals surface area contributed by atoms with Crippen molar-refractivity contribution >= 4 is 23.2 Å². The van der Waals surface area contributed by atoms with Crippen LogP contribution in [0.15, 0.2) is 12.1 Å². The number of carboxylic acids is 1. The Labute approximate surface area is 123 Å². The van der Waals surface area contributed by atoms with E-state index in [1.165, 1.54) is 17.8 Å². The summed E-state index contributed by atoms with van der Waals surface area (Å²) >= 11 is 1.22. The Morgan fingerprint density at radius 2 is 2.00 bits per heavy atom. The molecule has 0 atom stereocenters. The maximum Gasteiger partial charge on any atom is 0.345 e. The number of carbonyl (C=O) groups excluding carboxylic acids is 1. The van der Waals surface area contributed by atoms with Crippen molar-refractivity contribution in [3.63, 3.8) is 0 Å². The Bertz CT molecular complexity index is 489. The zero-order valence-electron chi connectivity index (χ0n) is 11.8. The molecule has 1 fully saturated rings. The SMILES string of the molecule is CCC1(C(=O)NCc2ccc(C(=O)O)s2)CCCCC1. The van der Waals surface area contributed by atoms with Gasteiger partial charge in [-0.2, -0.15) is 0 Å². The molecule has 1 aromatic rings. The molecule has 0 spiro atoms. The average molecular weight is 295 g/mol. The first kappa shape index (κ1) is 15.0. The minimum absolute atomic E-state index is 0.130. The molecule has 0 aromatic carbocycles. The van der Waals surface area contributed by atoms with E-state index in [2.05, 4.69) is 12.2 Å². The molecule has 1 saturated carbocycles. The number of aromatic carboxylic acids is 1. The van der Waals surface area contributed by atoms with Crippen LogP contribution in [0.5, 0.6) is 0 Å². The predicted octanol–water partition coefficient (Wildman–Crippen LogP) is 3.42. The number of nitrogens with one attached hydrogen (secondary N) is 1. The lowest BCUT2D eigenvalue weighted by Gasteiger charge is -2.34. The van der Waals surface area contributed by atoms with Gasteiger partial charge in [-0.15, -0.1) is 11.3 Å². The molecule has 1 aliphatic rings. The lowest BCUT2D eigenvalue weighted by atomic mass is 9.71. The fourth-order valence-electron chi connectivity index (χ4n) is 2.91. The molecule has 0 unspecified atom stereocenters. The van der Waals surface area contributed by atoms with Gasteiger partial charge in [0.25, 0.3) is 0 Å². The highest BCUT2D eigenvalue weighted by Gasteiger charge is 2.37. The summed E-state index contributed by atoms with van der Waals surface area (Å²) in [5, 5.41) is 11.9. The van der Waals surface area contributed by atoms with Crippen LogP contribution in [0.3, 0.4) is 0 Å². The van der Waals surface area contributed by atoms with Crippen molar-refractivity contribution in [3.05, 3.63) is 21.9 Å². The largest absolute Gasteiger partial charge is 0.477 e.